The van der Waals surface area contributed by atoms with Gasteiger partial charge in [-0.1, -0.05) is 12.1 Å². The van der Waals surface area contributed by atoms with E-state index in [1.54, 1.807) is 23.6 Å². The summed E-state index contributed by atoms with van der Waals surface area (Å²) < 4.78 is 40.7. The fraction of sp³-hybridized carbons (Fsp3) is 0.389. The van der Waals surface area contributed by atoms with E-state index in [1.165, 1.54) is 12.1 Å². The molecule has 0 spiro atoms. The lowest BCUT2D eigenvalue weighted by molar-refractivity contribution is -0.120. The van der Waals surface area contributed by atoms with Crippen molar-refractivity contribution in [2.45, 2.75) is 30.0 Å². The summed E-state index contributed by atoms with van der Waals surface area (Å²) in [5.41, 5.74) is 1.51. The number of amides is 1. The Morgan fingerprint density at radius 1 is 1.37 bits per heavy atom. The highest BCUT2D eigenvalue weighted by Crippen LogP contribution is 2.24. The number of thiophene rings is 1. The molecule has 1 amide bonds. The smallest absolute Gasteiger partial charge is 0.250 e. The molecule has 2 N–H and O–H groups in total. The van der Waals surface area contributed by atoms with Crippen molar-refractivity contribution in [3.63, 3.8) is 0 Å². The van der Waals surface area contributed by atoms with Crippen molar-refractivity contribution in [3.05, 3.63) is 47.1 Å². The van der Waals surface area contributed by atoms with Crippen molar-refractivity contribution in [2.75, 3.05) is 24.5 Å². The average molecular weight is 412 g/mol. The third-order valence-corrected chi connectivity index (χ3v) is 7.21. The van der Waals surface area contributed by atoms with E-state index in [0.717, 1.165) is 36.3 Å². The fourth-order valence-corrected chi connectivity index (χ4v) is 5.13. The van der Waals surface area contributed by atoms with Crippen LogP contribution in [0, 0.1) is 12.7 Å². The first-order valence-corrected chi connectivity index (χ1v) is 11.0. The summed E-state index contributed by atoms with van der Waals surface area (Å²) in [5.74, 6) is -0.678. The lowest BCUT2D eigenvalue weighted by Crippen LogP contribution is -2.50. The molecule has 1 aliphatic rings. The van der Waals surface area contributed by atoms with Crippen LogP contribution in [0.2, 0.25) is 0 Å². The quantitative estimate of drug-likeness (QED) is 0.764. The highest BCUT2D eigenvalue weighted by molar-refractivity contribution is 7.91. The summed E-state index contributed by atoms with van der Waals surface area (Å²) in [5, 5.41) is 4.51. The predicted octanol–water partition coefficient (Wildman–Crippen LogP) is 2.26. The summed E-state index contributed by atoms with van der Waals surface area (Å²) in [7, 11) is -3.67. The van der Waals surface area contributed by atoms with Gasteiger partial charge in [0.2, 0.25) is 5.91 Å². The summed E-state index contributed by atoms with van der Waals surface area (Å²) in [4.78, 5) is 14.1. The maximum Gasteiger partial charge on any atom is 0.250 e. The molecular formula is C18H22FN3O3S2. The molecule has 6 nitrogen and oxygen atoms in total. The van der Waals surface area contributed by atoms with Gasteiger partial charge in [0, 0.05) is 19.1 Å². The number of halogens is 1. The van der Waals surface area contributed by atoms with Crippen molar-refractivity contribution >= 4 is 33.0 Å². The highest BCUT2D eigenvalue weighted by atomic mass is 32.2. The lowest BCUT2D eigenvalue weighted by atomic mass is 10.0. The van der Waals surface area contributed by atoms with E-state index in [9.17, 15) is 17.6 Å². The van der Waals surface area contributed by atoms with E-state index in [2.05, 4.69) is 10.0 Å². The molecule has 2 heterocycles. The summed E-state index contributed by atoms with van der Waals surface area (Å²) in [6, 6.07) is 7.95. The first-order chi connectivity index (χ1) is 12.8. The van der Waals surface area contributed by atoms with Gasteiger partial charge in [-0.3, -0.25) is 4.79 Å². The Labute approximate surface area is 162 Å². The number of carbonyl (C=O) groups excluding carboxylic acids is 1. The van der Waals surface area contributed by atoms with Crippen LogP contribution in [0.5, 0.6) is 0 Å². The zero-order chi connectivity index (χ0) is 19.4. The lowest BCUT2D eigenvalue weighted by Gasteiger charge is -2.35. The molecule has 1 unspecified atom stereocenters. The van der Waals surface area contributed by atoms with Crippen LogP contribution < -0.4 is 14.9 Å². The zero-order valence-electron chi connectivity index (χ0n) is 14.9. The minimum atomic E-state index is -3.67. The SMILES string of the molecule is Cc1ccc(F)c(N2CCCC(NC(=O)CNS(=O)(=O)c3cccs3)C2)c1. The normalized spacial score (nSPS) is 17.7. The molecule has 1 atom stereocenters. The molecule has 146 valence electrons. The summed E-state index contributed by atoms with van der Waals surface area (Å²) in [6.45, 7) is 2.79. The first-order valence-electron chi connectivity index (χ1n) is 8.69. The van der Waals surface area contributed by atoms with Crippen LogP contribution in [0.3, 0.4) is 0 Å². The second kappa shape index (κ2) is 8.37. The minimum absolute atomic E-state index is 0.155. The van der Waals surface area contributed by atoms with Gasteiger partial charge in [-0.2, -0.15) is 0 Å². The molecule has 2 aromatic rings. The largest absolute Gasteiger partial charge is 0.367 e. The number of nitrogens with zero attached hydrogens (tertiary/aromatic N) is 1. The Morgan fingerprint density at radius 3 is 2.93 bits per heavy atom. The summed E-state index contributed by atoms with van der Waals surface area (Å²) >= 11 is 1.09. The molecular weight excluding hydrogens is 389 g/mol. The second-order valence-corrected chi connectivity index (χ2v) is 9.51. The molecule has 1 aromatic heterocycles. The molecule has 27 heavy (non-hydrogen) atoms. The Hall–Kier alpha value is -1.97. The number of hydrogen-bond donors (Lipinski definition) is 2. The molecule has 1 fully saturated rings. The molecule has 3 rings (SSSR count). The number of nitrogens with one attached hydrogen (secondary N) is 2. The number of sulfonamides is 1. The van der Waals surface area contributed by atoms with Crippen molar-refractivity contribution in [2.24, 2.45) is 0 Å². The van der Waals surface area contributed by atoms with Gasteiger partial charge in [-0.15, -0.1) is 11.3 Å². The Balaban J connectivity index is 1.56. The molecule has 0 radical (unpaired) electrons. The van der Waals surface area contributed by atoms with Crippen LogP contribution in [0.15, 0.2) is 39.9 Å². The number of rotatable bonds is 6. The van der Waals surface area contributed by atoms with Crippen LogP contribution in [0.4, 0.5) is 10.1 Å². The number of aryl methyl sites for hydroxylation is 1. The van der Waals surface area contributed by atoms with Gasteiger partial charge in [0.1, 0.15) is 10.0 Å². The molecule has 9 heteroatoms. The Bertz CT molecular complexity index is 901. The van der Waals surface area contributed by atoms with E-state index in [4.69, 9.17) is 0 Å². The number of anilines is 1. The van der Waals surface area contributed by atoms with Crippen molar-refractivity contribution in [1.82, 2.24) is 10.0 Å². The third-order valence-electron chi connectivity index (χ3n) is 4.41. The van der Waals surface area contributed by atoms with Gasteiger partial charge >= 0.3 is 0 Å². The molecule has 0 saturated carbocycles. The van der Waals surface area contributed by atoms with Crippen LogP contribution in [-0.4, -0.2) is 40.0 Å². The highest BCUT2D eigenvalue weighted by Gasteiger charge is 2.24. The maximum atomic E-state index is 14.1. The molecule has 1 aliphatic heterocycles. The van der Waals surface area contributed by atoms with E-state index in [-0.39, 0.29) is 22.6 Å². The van der Waals surface area contributed by atoms with Gasteiger partial charge in [0.15, 0.2) is 0 Å². The average Bonchev–Trinajstić information content (AvgIpc) is 3.18. The number of piperidine rings is 1. The Kier molecular flexibility index (Phi) is 6.13. The van der Waals surface area contributed by atoms with Gasteiger partial charge < -0.3 is 10.2 Å². The molecule has 1 aromatic carbocycles. The predicted molar refractivity (Wildman–Crippen MR) is 104 cm³/mol. The monoisotopic (exact) mass is 411 g/mol. The van der Waals surface area contributed by atoms with Crippen molar-refractivity contribution < 1.29 is 17.6 Å². The third kappa shape index (κ3) is 5.06. The first kappa shape index (κ1) is 19.8. The number of carbonyl (C=O) groups is 1. The van der Waals surface area contributed by atoms with E-state index >= 15 is 0 Å². The standard InChI is InChI=1S/C18H22FN3O3S2/c1-13-6-7-15(19)16(10-13)22-8-2-4-14(12-22)21-17(23)11-20-27(24,25)18-5-3-9-26-18/h3,5-7,9-10,14,20H,2,4,8,11-12H2,1H3,(H,21,23). The second-order valence-electron chi connectivity index (χ2n) is 6.56. The van der Waals surface area contributed by atoms with Gasteiger partial charge in [-0.25, -0.2) is 17.5 Å². The molecule has 1 saturated heterocycles. The van der Waals surface area contributed by atoms with Crippen LogP contribution in [-0.2, 0) is 14.8 Å². The molecule has 0 aliphatic carbocycles. The van der Waals surface area contributed by atoms with Crippen molar-refractivity contribution in [3.8, 4) is 0 Å². The van der Waals surface area contributed by atoms with Gasteiger partial charge in [0.25, 0.3) is 10.0 Å². The molecule has 0 bridgehead atoms. The van der Waals surface area contributed by atoms with Gasteiger partial charge in [-0.05, 0) is 48.9 Å². The Morgan fingerprint density at radius 2 is 2.19 bits per heavy atom. The summed E-state index contributed by atoms with van der Waals surface area (Å²) in [6.07, 6.45) is 1.59. The van der Waals surface area contributed by atoms with Crippen LogP contribution >= 0.6 is 11.3 Å². The maximum absolute atomic E-state index is 14.1. The fourth-order valence-electron chi connectivity index (χ4n) is 3.11. The topological polar surface area (TPSA) is 78.5 Å². The van der Waals surface area contributed by atoms with Crippen molar-refractivity contribution in [1.29, 1.82) is 0 Å². The van der Waals surface area contributed by atoms with E-state index in [0.29, 0.717) is 12.2 Å². The van der Waals surface area contributed by atoms with Gasteiger partial charge in [0.05, 0.1) is 12.2 Å². The van der Waals surface area contributed by atoms with E-state index in [1.807, 2.05) is 11.8 Å². The van der Waals surface area contributed by atoms with E-state index < -0.39 is 15.9 Å². The number of benzene rings is 1. The minimum Gasteiger partial charge on any atom is -0.367 e. The van der Waals surface area contributed by atoms with Crippen LogP contribution in [0.1, 0.15) is 18.4 Å². The van der Waals surface area contributed by atoms with Crippen LogP contribution in [0.25, 0.3) is 0 Å². The zero-order valence-corrected chi connectivity index (χ0v) is 16.6. The number of hydrogen-bond acceptors (Lipinski definition) is 5.